The van der Waals surface area contributed by atoms with Crippen LogP contribution in [0.25, 0.3) is 0 Å². The highest BCUT2D eigenvalue weighted by molar-refractivity contribution is 9.10. The first kappa shape index (κ1) is 14.8. The monoisotopic (exact) mass is 341 g/mol. The summed E-state index contributed by atoms with van der Waals surface area (Å²) in [5, 5.41) is 9.14. The zero-order valence-corrected chi connectivity index (χ0v) is 12.7. The Labute approximate surface area is 125 Å². The molecule has 0 unspecified atom stereocenters. The highest BCUT2D eigenvalue weighted by Gasteiger charge is 2.42. The fourth-order valence-corrected chi connectivity index (χ4v) is 2.52. The molecule has 2 rings (SSSR count). The lowest BCUT2D eigenvalue weighted by atomic mass is 9.90. The van der Waals surface area contributed by atoms with Crippen LogP contribution in [0.1, 0.15) is 13.3 Å². The number of ether oxygens (including phenoxy) is 1. The van der Waals surface area contributed by atoms with Crippen molar-refractivity contribution in [3.63, 3.8) is 0 Å². The standard InChI is InChI=1S/C14H16BrNO4/c1-14(13(18)19)5-6-16(9-14)12(17)8-20-11-4-2-3-10(15)7-11/h2-4,7H,5-6,8-9H2,1H3,(H,18,19)/t14-/m0/s1. The number of likely N-dealkylation sites (tertiary alicyclic amines) is 1. The van der Waals surface area contributed by atoms with Crippen molar-refractivity contribution in [2.45, 2.75) is 13.3 Å². The topological polar surface area (TPSA) is 66.8 Å². The molecule has 1 aliphatic heterocycles. The largest absolute Gasteiger partial charge is 0.484 e. The Morgan fingerprint density at radius 3 is 2.85 bits per heavy atom. The average molecular weight is 342 g/mol. The normalized spacial score (nSPS) is 21.8. The lowest BCUT2D eigenvalue weighted by Gasteiger charge is -2.20. The molecule has 1 N–H and O–H groups in total. The van der Waals surface area contributed by atoms with E-state index in [2.05, 4.69) is 15.9 Å². The zero-order chi connectivity index (χ0) is 14.8. The van der Waals surface area contributed by atoms with Crippen molar-refractivity contribution in [1.29, 1.82) is 0 Å². The van der Waals surface area contributed by atoms with Gasteiger partial charge in [0.15, 0.2) is 6.61 Å². The van der Waals surface area contributed by atoms with Crippen molar-refractivity contribution in [3.05, 3.63) is 28.7 Å². The first-order chi connectivity index (χ1) is 9.40. The third-order valence-electron chi connectivity index (χ3n) is 3.50. The van der Waals surface area contributed by atoms with Gasteiger partial charge in [-0.05, 0) is 31.5 Å². The number of amides is 1. The number of halogens is 1. The SMILES string of the molecule is C[C@]1(C(=O)O)CCN(C(=O)COc2cccc(Br)c2)C1. The second kappa shape index (κ2) is 5.83. The van der Waals surface area contributed by atoms with Crippen LogP contribution in [0.15, 0.2) is 28.7 Å². The lowest BCUT2D eigenvalue weighted by molar-refractivity contribution is -0.147. The summed E-state index contributed by atoms with van der Waals surface area (Å²) in [6.07, 6.45) is 0.477. The summed E-state index contributed by atoms with van der Waals surface area (Å²) in [5.41, 5.74) is -0.842. The molecule has 1 aromatic rings. The van der Waals surface area contributed by atoms with Crippen LogP contribution in [0.3, 0.4) is 0 Å². The number of nitrogens with zero attached hydrogens (tertiary/aromatic N) is 1. The van der Waals surface area contributed by atoms with Gasteiger partial charge in [-0.1, -0.05) is 22.0 Å². The van der Waals surface area contributed by atoms with E-state index in [4.69, 9.17) is 9.84 Å². The van der Waals surface area contributed by atoms with E-state index in [1.807, 2.05) is 12.1 Å². The molecule has 0 aliphatic carbocycles. The van der Waals surface area contributed by atoms with Crippen LogP contribution in [0.5, 0.6) is 5.75 Å². The molecule has 0 saturated carbocycles. The van der Waals surface area contributed by atoms with Crippen LogP contribution in [-0.2, 0) is 9.59 Å². The third kappa shape index (κ3) is 3.30. The first-order valence-electron chi connectivity index (χ1n) is 6.30. The number of carbonyl (C=O) groups excluding carboxylic acids is 1. The zero-order valence-electron chi connectivity index (χ0n) is 11.1. The number of rotatable bonds is 4. The van der Waals surface area contributed by atoms with Crippen molar-refractivity contribution in [2.75, 3.05) is 19.7 Å². The van der Waals surface area contributed by atoms with Gasteiger partial charge in [-0.25, -0.2) is 0 Å². The molecule has 0 spiro atoms. The van der Waals surface area contributed by atoms with E-state index < -0.39 is 11.4 Å². The van der Waals surface area contributed by atoms with Crippen molar-refractivity contribution >= 4 is 27.8 Å². The molecule has 1 amide bonds. The van der Waals surface area contributed by atoms with Gasteiger partial charge in [-0.15, -0.1) is 0 Å². The van der Waals surface area contributed by atoms with Gasteiger partial charge in [0.05, 0.1) is 5.41 Å². The van der Waals surface area contributed by atoms with Gasteiger partial charge in [-0.2, -0.15) is 0 Å². The first-order valence-corrected chi connectivity index (χ1v) is 7.09. The minimum atomic E-state index is -0.860. The molecule has 1 aromatic carbocycles. The molecule has 1 aliphatic rings. The summed E-state index contributed by atoms with van der Waals surface area (Å²) in [5.74, 6) is -0.441. The number of hydrogen-bond acceptors (Lipinski definition) is 3. The second-order valence-electron chi connectivity index (χ2n) is 5.18. The molecule has 1 saturated heterocycles. The fraction of sp³-hybridized carbons (Fsp3) is 0.429. The van der Waals surface area contributed by atoms with Gasteiger partial charge >= 0.3 is 5.97 Å². The number of hydrogen-bond donors (Lipinski definition) is 1. The Morgan fingerprint density at radius 1 is 1.50 bits per heavy atom. The number of carboxylic acids is 1. The average Bonchev–Trinajstić information content (AvgIpc) is 2.80. The van der Waals surface area contributed by atoms with Gasteiger partial charge in [-0.3, -0.25) is 9.59 Å². The van der Waals surface area contributed by atoms with E-state index >= 15 is 0 Å². The van der Waals surface area contributed by atoms with Gasteiger partial charge in [0, 0.05) is 17.6 Å². The maximum atomic E-state index is 12.0. The van der Waals surface area contributed by atoms with E-state index in [0.717, 1.165) is 4.47 Å². The quantitative estimate of drug-likeness (QED) is 0.911. The molecule has 1 heterocycles. The maximum absolute atomic E-state index is 12.0. The molecular weight excluding hydrogens is 326 g/mol. The molecule has 0 aromatic heterocycles. The van der Waals surface area contributed by atoms with Crippen molar-refractivity contribution in [2.24, 2.45) is 5.41 Å². The van der Waals surface area contributed by atoms with Gasteiger partial charge in [0.1, 0.15) is 5.75 Å². The van der Waals surface area contributed by atoms with E-state index in [-0.39, 0.29) is 19.1 Å². The van der Waals surface area contributed by atoms with Crippen LogP contribution >= 0.6 is 15.9 Å². The molecular formula is C14H16BrNO4. The van der Waals surface area contributed by atoms with Gasteiger partial charge in [0.2, 0.25) is 0 Å². The van der Waals surface area contributed by atoms with E-state index in [0.29, 0.717) is 18.7 Å². The Balaban J connectivity index is 1.89. The predicted molar refractivity (Wildman–Crippen MR) is 76.6 cm³/mol. The van der Waals surface area contributed by atoms with Gasteiger partial charge < -0.3 is 14.7 Å². The predicted octanol–water partition coefficient (Wildman–Crippen LogP) is 2.15. The molecule has 108 valence electrons. The summed E-state index contributed by atoms with van der Waals surface area (Å²) in [6, 6.07) is 7.23. The molecule has 20 heavy (non-hydrogen) atoms. The number of aliphatic carboxylic acids is 1. The smallest absolute Gasteiger partial charge is 0.311 e. The molecule has 6 heteroatoms. The highest BCUT2D eigenvalue weighted by Crippen LogP contribution is 2.30. The molecule has 1 fully saturated rings. The van der Waals surface area contributed by atoms with Crippen LogP contribution in [0.4, 0.5) is 0 Å². The van der Waals surface area contributed by atoms with Crippen LogP contribution in [0.2, 0.25) is 0 Å². The molecule has 0 radical (unpaired) electrons. The van der Waals surface area contributed by atoms with E-state index in [1.54, 1.807) is 24.0 Å². The second-order valence-corrected chi connectivity index (χ2v) is 6.09. The fourth-order valence-electron chi connectivity index (χ4n) is 2.14. The Morgan fingerprint density at radius 2 is 2.25 bits per heavy atom. The highest BCUT2D eigenvalue weighted by atomic mass is 79.9. The van der Waals surface area contributed by atoms with Crippen LogP contribution in [-0.4, -0.2) is 41.6 Å². The van der Waals surface area contributed by atoms with Crippen LogP contribution < -0.4 is 4.74 Å². The lowest BCUT2D eigenvalue weighted by Crippen LogP contribution is -2.37. The number of carboxylic acid groups (broad SMARTS) is 1. The van der Waals surface area contributed by atoms with E-state index in [9.17, 15) is 9.59 Å². The molecule has 1 atom stereocenters. The van der Waals surface area contributed by atoms with Crippen molar-refractivity contribution < 1.29 is 19.4 Å². The van der Waals surface area contributed by atoms with Crippen molar-refractivity contribution in [3.8, 4) is 5.75 Å². The molecule has 5 nitrogen and oxygen atoms in total. The van der Waals surface area contributed by atoms with E-state index in [1.165, 1.54) is 0 Å². The summed E-state index contributed by atoms with van der Waals surface area (Å²) in [6.45, 7) is 2.29. The minimum Gasteiger partial charge on any atom is -0.484 e. The number of carbonyl (C=O) groups is 2. The summed E-state index contributed by atoms with van der Waals surface area (Å²) in [7, 11) is 0. The number of benzene rings is 1. The summed E-state index contributed by atoms with van der Waals surface area (Å²) in [4.78, 5) is 24.7. The minimum absolute atomic E-state index is 0.0772. The maximum Gasteiger partial charge on any atom is 0.311 e. The van der Waals surface area contributed by atoms with Crippen LogP contribution in [0, 0.1) is 5.41 Å². The summed E-state index contributed by atoms with van der Waals surface area (Å²) < 4.78 is 6.30. The molecule has 0 bridgehead atoms. The Hall–Kier alpha value is -1.56. The van der Waals surface area contributed by atoms with Crippen molar-refractivity contribution in [1.82, 2.24) is 4.90 Å². The summed E-state index contributed by atoms with van der Waals surface area (Å²) >= 11 is 3.33. The van der Waals surface area contributed by atoms with Gasteiger partial charge in [0.25, 0.3) is 5.91 Å². The Bertz CT molecular complexity index is 534. The third-order valence-corrected chi connectivity index (χ3v) is 3.99. The Kier molecular flexibility index (Phi) is 4.32.